The third-order valence-electron chi connectivity index (χ3n) is 4.97. The van der Waals surface area contributed by atoms with E-state index in [1.165, 1.54) is 16.9 Å². The molecule has 5 aromatic rings. The maximum atomic E-state index is 13.0. The van der Waals surface area contributed by atoms with Crippen molar-refractivity contribution in [3.63, 3.8) is 0 Å². The van der Waals surface area contributed by atoms with E-state index < -0.39 is 0 Å². The Labute approximate surface area is 195 Å². The van der Waals surface area contributed by atoms with Crippen LogP contribution in [0.3, 0.4) is 0 Å². The molecule has 2 heterocycles. The van der Waals surface area contributed by atoms with E-state index in [0.717, 1.165) is 26.6 Å². The first-order valence-electron chi connectivity index (χ1n) is 9.59. The number of ether oxygens (including phenoxy) is 1. The van der Waals surface area contributed by atoms with E-state index >= 15 is 0 Å². The zero-order valence-electron chi connectivity index (χ0n) is 16.4. The highest BCUT2D eigenvalue weighted by Gasteiger charge is 2.12. The number of thiazole rings is 1. The largest absolute Gasteiger partial charge is 0.486 e. The summed E-state index contributed by atoms with van der Waals surface area (Å²) in [6.45, 7) is 2.47. The first-order chi connectivity index (χ1) is 15.0. The Morgan fingerprint density at radius 2 is 1.94 bits per heavy atom. The van der Waals surface area contributed by atoms with Crippen LogP contribution in [0, 0.1) is 6.92 Å². The summed E-state index contributed by atoms with van der Waals surface area (Å²) in [6.07, 6.45) is 1.83. The Bertz CT molecular complexity index is 1520. The molecule has 0 amide bonds. The summed E-state index contributed by atoms with van der Waals surface area (Å²) >= 11 is 11.4. The molecular weight excluding hydrogens is 496 g/mol. The Morgan fingerprint density at radius 3 is 2.71 bits per heavy atom. The minimum atomic E-state index is -0.0827. The van der Waals surface area contributed by atoms with Crippen molar-refractivity contribution in [1.29, 1.82) is 0 Å². The lowest BCUT2D eigenvalue weighted by Gasteiger charge is -2.11. The molecule has 0 saturated carbocycles. The summed E-state index contributed by atoms with van der Waals surface area (Å²) in [6, 6.07) is 19.5. The van der Waals surface area contributed by atoms with E-state index in [9.17, 15) is 4.79 Å². The molecule has 5 rings (SSSR count). The van der Waals surface area contributed by atoms with Gasteiger partial charge < -0.3 is 4.74 Å². The number of nitrogens with zero attached hydrogens (tertiary/aromatic N) is 2. The molecule has 0 aliphatic carbocycles. The topological polar surface area (TPSA) is 43.6 Å². The number of hydrogen-bond donors (Lipinski definition) is 0. The highest BCUT2D eigenvalue weighted by Crippen LogP contribution is 2.35. The second-order valence-electron chi connectivity index (χ2n) is 7.22. The fraction of sp³-hybridized carbons (Fsp3) is 0.0833. The van der Waals surface area contributed by atoms with Crippen LogP contribution in [0.1, 0.15) is 16.7 Å². The van der Waals surface area contributed by atoms with Gasteiger partial charge in [-0.05, 0) is 64.3 Å². The van der Waals surface area contributed by atoms with Gasteiger partial charge in [-0.15, -0.1) is 0 Å². The van der Waals surface area contributed by atoms with Gasteiger partial charge in [0.1, 0.15) is 6.61 Å². The normalized spacial score (nSPS) is 12.2. The second-order valence-corrected chi connectivity index (χ2v) is 9.49. The Morgan fingerprint density at radius 1 is 1.16 bits per heavy atom. The third-order valence-corrected chi connectivity index (χ3v) is 6.81. The smallest absolute Gasteiger partial charge is 0.274 e. The molecule has 0 aliphatic rings. The van der Waals surface area contributed by atoms with Gasteiger partial charge in [-0.2, -0.15) is 0 Å². The number of fused-ring (bicyclic) bond motifs is 3. The number of aryl methyl sites for hydroxylation is 1. The summed E-state index contributed by atoms with van der Waals surface area (Å²) in [7, 11) is 0. The maximum Gasteiger partial charge on any atom is 0.274 e. The maximum absolute atomic E-state index is 13.0. The van der Waals surface area contributed by atoms with Gasteiger partial charge in [-0.25, -0.2) is 9.38 Å². The standard InChI is InChI=1S/C24H16BrClN2O2S/c1-14-6-8-15(9-7-14)13-30-22-17(25)10-16(11-18(22)26)12-21-23(29)28-20-5-3-2-4-19(20)27-24(28)31-21/h2-12H,13H2,1H3/b21-12-. The summed E-state index contributed by atoms with van der Waals surface area (Å²) in [4.78, 5) is 18.2. The molecule has 154 valence electrons. The minimum absolute atomic E-state index is 0.0827. The third kappa shape index (κ3) is 3.87. The summed E-state index contributed by atoms with van der Waals surface area (Å²) < 4.78 is 8.93. The average Bonchev–Trinajstić information content (AvgIpc) is 3.25. The molecule has 0 saturated heterocycles. The number of hydrogen-bond acceptors (Lipinski definition) is 4. The van der Waals surface area contributed by atoms with Gasteiger partial charge >= 0.3 is 0 Å². The molecule has 2 aromatic heterocycles. The van der Waals surface area contributed by atoms with Crippen molar-refractivity contribution in [3.8, 4) is 5.75 Å². The molecule has 31 heavy (non-hydrogen) atoms. The van der Waals surface area contributed by atoms with E-state index in [0.29, 0.717) is 26.9 Å². The molecule has 0 unspecified atom stereocenters. The first kappa shape index (κ1) is 20.2. The van der Waals surface area contributed by atoms with E-state index in [1.807, 2.05) is 55.5 Å². The summed E-state index contributed by atoms with van der Waals surface area (Å²) in [5.74, 6) is 0.578. The molecule has 7 heteroatoms. The zero-order chi connectivity index (χ0) is 21.5. The fourth-order valence-corrected chi connectivity index (χ4v) is 5.38. The molecular formula is C24H16BrClN2O2S. The molecule has 0 fully saturated rings. The van der Waals surface area contributed by atoms with Gasteiger partial charge in [0.15, 0.2) is 10.7 Å². The lowest BCUT2D eigenvalue weighted by molar-refractivity contribution is 0.304. The molecule has 0 N–H and O–H groups in total. The van der Waals surface area contributed by atoms with Gasteiger partial charge in [-0.1, -0.05) is 64.9 Å². The number of imidazole rings is 1. The lowest BCUT2D eigenvalue weighted by atomic mass is 10.2. The summed E-state index contributed by atoms with van der Waals surface area (Å²) in [5.41, 5.74) is 4.63. The van der Waals surface area contributed by atoms with E-state index in [4.69, 9.17) is 16.3 Å². The fourth-order valence-electron chi connectivity index (χ4n) is 3.40. The predicted octanol–water partition coefficient (Wildman–Crippen LogP) is 5.76. The van der Waals surface area contributed by atoms with Crippen LogP contribution in [0.25, 0.3) is 22.1 Å². The highest BCUT2D eigenvalue weighted by atomic mass is 79.9. The van der Waals surface area contributed by atoms with Gasteiger partial charge in [-0.3, -0.25) is 4.79 Å². The van der Waals surface area contributed by atoms with Crippen molar-refractivity contribution >= 4 is 60.9 Å². The highest BCUT2D eigenvalue weighted by molar-refractivity contribution is 9.10. The van der Waals surface area contributed by atoms with Gasteiger partial charge in [0.2, 0.25) is 0 Å². The van der Waals surface area contributed by atoms with E-state index in [1.54, 1.807) is 10.5 Å². The SMILES string of the molecule is Cc1ccc(COc2c(Cl)cc(/C=c3\sc4nc5ccccc5n4c3=O)cc2Br)cc1. The summed E-state index contributed by atoms with van der Waals surface area (Å²) in [5, 5.41) is 0.479. The van der Waals surface area contributed by atoms with Gasteiger partial charge in [0.05, 0.1) is 25.1 Å². The van der Waals surface area contributed by atoms with Crippen LogP contribution >= 0.6 is 38.9 Å². The predicted molar refractivity (Wildman–Crippen MR) is 130 cm³/mol. The molecule has 0 atom stereocenters. The number of para-hydroxylation sites is 2. The second kappa shape index (κ2) is 8.11. The zero-order valence-corrected chi connectivity index (χ0v) is 19.6. The Hall–Kier alpha value is -2.67. The lowest BCUT2D eigenvalue weighted by Crippen LogP contribution is -2.22. The molecule has 0 bridgehead atoms. The average molecular weight is 512 g/mol. The van der Waals surface area contributed by atoms with Crippen LogP contribution in [-0.4, -0.2) is 9.38 Å². The molecule has 4 nitrogen and oxygen atoms in total. The van der Waals surface area contributed by atoms with Crippen LogP contribution < -0.4 is 14.8 Å². The molecule has 3 aromatic carbocycles. The number of rotatable bonds is 4. The van der Waals surface area contributed by atoms with Crippen LogP contribution in [-0.2, 0) is 6.61 Å². The van der Waals surface area contributed by atoms with Gasteiger partial charge in [0.25, 0.3) is 5.56 Å². The molecule has 0 spiro atoms. The van der Waals surface area contributed by atoms with Crippen LogP contribution in [0.5, 0.6) is 5.75 Å². The van der Waals surface area contributed by atoms with Crippen molar-refractivity contribution < 1.29 is 4.74 Å². The number of aromatic nitrogens is 2. The Kier molecular flexibility index (Phi) is 5.30. The van der Waals surface area contributed by atoms with Crippen molar-refractivity contribution in [2.45, 2.75) is 13.5 Å². The van der Waals surface area contributed by atoms with Crippen LogP contribution in [0.4, 0.5) is 0 Å². The number of benzene rings is 3. The Balaban J connectivity index is 1.48. The van der Waals surface area contributed by atoms with Crippen molar-refractivity contribution in [3.05, 3.63) is 102 Å². The van der Waals surface area contributed by atoms with Crippen molar-refractivity contribution in [2.24, 2.45) is 0 Å². The van der Waals surface area contributed by atoms with E-state index in [-0.39, 0.29) is 5.56 Å². The van der Waals surface area contributed by atoms with Crippen LogP contribution in [0.2, 0.25) is 5.02 Å². The van der Waals surface area contributed by atoms with E-state index in [2.05, 4.69) is 33.0 Å². The quantitative estimate of drug-likeness (QED) is 0.308. The first-order valence-corrected chi connectivity index (χ1v) is 11.6. The molecule has 0 radical (unpaired) electrons. The van der Waals surface area contributed by atoms with Gasteiger partial charge in [0, 0.05) is 0 Å². The minimum Gasteiger partial charge on any atom is -0.486 e. The number of halogens is 2. The van der Waals surface area contributed by atoms with Crippen molar-refractivity contribution in [2.75, 3.05) is 0 Å². The van der Waals surface area contributed by atoms with Crippen molar-refractivity contribution in [1.82, 2.24) is 9.38 Å². The van der Waals surface area contributed by atoms with Crippen LogP contribution in [0.15, 0.2) is 69.9 Å². The monoisotopic (exact) mass is 510 g/mol. The molecule has 0 aliphatic heterocycles.